The Labute approximate surface area is 111 Å². The summed E-state index contributed by atoms with van der Waals surface area (Å²) in [6, 6.07) is 6.82. The van der Waals surface area contributed by atoms with E-state index in [0.29, 0.717) is 17.9 Å². The number of unbranched alkanes of at least 4 members (excludes halogenated alkanes) is 2. The summed E-state index contributed by atoms with van der Waals surface area (Å²) < 4.78 is 10.5. The average molecular weight is 263 g/mol. The summed E-state index contributed by atoms with van der Waals surface area (Å²) >= 11 is 0. The smallest absolute Gasteiger partial charge is 0.374 e. The third-order valence-corrected chi connectivity index (χ3v) is 2.78. The van der Waals surface area contributed by atoms with Crippen LogP contribution < -0.4 is 5.73 Å². The fourth-order valence-corrected chi connectivity index (χ4v) is 1.79. The molecule has 2 rings (SSSR count). The first-order valence-corrected chi connectivity index (χ1v) is 6.28. The highest BCUT2D eigenvalue weighted by molar-refractivity contribution is 5.93. The summed E-state index contributed by atoms with van der Waals surface area (Å²) in [5.41, 5.74) is 6.89. The summed E-state index contributed by atoms with van der Waals surface area (Å²) in [4.78, 5) is 11.7. The molecule has 0 fully saturated rings. The van der Waals surface area contributed by atoms with Crippen LogP contribution in [0.2, 0.25) is 0 Å². The number of carbonyl (C=O) groups excluding carboxylic acids is 1. The molecule has 0 atom stereocenters. The predicted molar refractivity (Wildman–Crippen MR) is 71.8 cm³/mol. The first-order valence-electron chi connectivity index (χ1n) is 6.28. The number of esters is 1. The minimum atomic E-state index is -0.473. The number of fused-ring (bicyclic) bond motifs is 1. The fraction of sp³-hybridized carbons (Fsp3) is 0.357. The Morgan fingerprint density at radius 3 is 2.89 bits per heavy atom. The normalized spacial score (nSPS) is 10.8. The zero-order valence-corrected chi connectivity index (χ0v) is 10.6. The van der Waals surface area contributed by atoms with Crippen molar-refractivity contribution in [2.45, 2.75) is 19.3 Å². The summed E-state index contributed by atoms with van der Waals surface area (Å²) in [6.45, 7) is 0.497. The van der Waals surface area contributed by atoms with Crippen molar-refractivity contribution in [1.29, 1.82) is 0 Å². The number of benzene rings is 1. The Morgan fingerprint density at radius 1 is 1.26 bits per heavy atom. The van der Waals surface area contributed by atoms with Crippen LogP contribution >= 0.6 is 0 Å². The molecule has 0 unspecified atom stereocenters. The number of furan rings is 1. The van der Waals surface area contributed by atoms with Gasteiger partial charge in [-0.05, 0) is 43.5 Å². The molecule has 0 bridgehead atoms. The van der Waals surface area contributed by atoms with Gasteiger partial charge in [0.25, 0.3) is 0 Å². The van der Waals surface area contributed by atoms with E-state index in [0.717, 1.165) is 24.6 Å². The molecule has 19 heavy (non-hydrogen) atoms. The molecule has 0 aliphatic heterocycles. The monoisotopic (exact) mass is 263 g/mol. The Bertz CT molecular complexity index is 562. The third kappa shape index (κ3) is 3.48. The van der Waals surface area contributed by atoms with E-state index >= 15 is 0 Å². The summed E-state index contributed by atoms with van der Waals surface area (Å²) in [5, 5.41) is 9.41. The molecule has 5 heteroatoms. The molecule has 0 aliphatic rings. The van der Waals surface area contributed by atoms with Gasteiger partial charge in [-0.1, -0.05) is 0 Å². The number of nitrogen functional groups attached to an aromatic ring is 1. The molecule has 0 spiro atoms. The lowest BCUT2D eigenvalue weighted by molar-refractivity contribution is 0.0463. The number of hydrogen-bond acceptors (Lipinski definition) is 5. The summed E-state index contributed by atoms with van der Waals surface area (Å²) in [5.74, 6) is -0.290. The Morgan fingerprint density at radius 2 is 2.11 bits per heavy atom. The van der Waals surface area contributed by atoms with Crippen LogP contribution in [-0.2, 0) is 4.74 Å². The molecule has 0 saturated heterocycles. The molecule has 1 aromatic carbocycles. The van der Waals surface area contributed by atoms with Gasteiger partial charge in [0.1, 0.15) is 5.58 Å². The topological polar surface area (TPSA) is 85.7 Å². The molecule has 2 aromatic rings. The molecule has 5 nitrogen and oxygen atoms in total. The largest absolute Gasteiger partial charge is 0.460 e. The SMILES string of the molecule is Nc1ccc2oc(C(=O)OCCCCCO)cc2c1. The molecule has 0 aliphatic carbocycles. The van der Waals surface area contributed by atoms with Crippen molar-refractivity contribution in [3.8, 4) is 0 Å². The van der Waals surface area contributed by atoms with Crippen LogP contribution in [0.1, 0.15) is 29.8 Å². The lowest BCUT2D eigenvalue weighted by Gasteiger charge is -2.01. The standard InChI is InChI=1S/C14H17NO4/c15-11-4-5-12-10(8-11)9-13(19-12)14(17)18-7-3-1-2-6-16/h4-5,8-9,16H,1-3,6-7,15H2. The number of aliphatic hydroxyl groups excluding tert-OH is 1. The van der Waals surface area contributed by atoms with Crippen molar-refractivity contribution in [2.75, 3.05) is 18.9 Å². The van der Waals surface area contributed by atoms with Crippen LogP contribution in [0.5, 0.6) is 0 Å². The van der Waals surface area contributed by atoms with E-state index in [-0.39, 0.29) is 12.4 Å². The van der Waals surface area contributed by atoms with Crippen molar-refractivity contribution in [1.82, 2.24) is 0 Å². The summed E-state index contributed by atoms with van der Waals surface area (Å²) in [7, 11) is 0. The second kappa shape index (κ2) is 6.24. The lowest BCUT2D eigenvalue weighted by atomic mass is 10.2. The van der Waals surface area contributed by atoms with Crippen LogP contribution in [0.3, 0.4) is 0 Å². The van der Waals surface area contributed by atoms with Crippen molar-refractivity contribution >= 4 is 22.6 Å². The number of aliphatic hydroxyl groups is 1. The minimum absolute atomic E-state index is 0.166. The summed E-state index contributed by atoms with van der Waals surface area (Å²) in [6.07, 6.45) is 2.29. The second-order valence-electron chi connectivity index (χ2n) is 4.33. The van der Waals surface area contributed by atoms with Gasteiger partial charge in [-0.3, -0.25) is 0 Å². The van der Waals surface area contributed by atoms with Crippen molar-refractivity contribution in [2.24, 2.45) is 0 Å². The number of nitrogens with two attached hydrogens (primary N) is 1. The number of hydrogen-bond donors (Lipinski definition) is 2. The van der Waals surface area contributed by atoms with Gasteiger partial charge in [0.15, 0.2) is 0 Å². The van der Waals surface area contributed by atoms with E-state index < -0.39 is 5.97 Å². The molecule has 1 aromatic heterocycles. The van der Waals surface area contributed by atoms with Crippen LogP contribution in [-0.4, -0.2) is 24.3 Å². The molecule has 0 amide bonds. The van der Waals surface area contributed by atoms with Gasteiger partial charge in [0, 0.05) is 17.7 Å². The highest BCUT2D eigenvalue weighted by atomic mass is 16.5. The maximum Gasteiger partial charge on any atom is 0.374 e. The van der Waals surface area contributed by atoms with Gasteiger partial charge in [0.05, 0.1) is 6.61 Å². The van der Waals surface area contributed by atoms with Crippen LogP contribution in [0.4, 0.5) is 5.69 Å². The molecular formula is C14H17NO4. The number of anilines is 1. The Balaban J connectivity index is 1.94. The zero-order chi connectivity index (χ0) is 13.7. The average Bonchev–Trinajstić information content (AvgIpc) is 2.81. The predicted octanol–water partition coefficient (Wildman–Crippen LogP) is 2.33. The highest BCUT2D eigenvalue weighted by Crippen LogP contribution is 2.22. The first-order chi connectivity index (χ1) is 9.20. The second-order valence-corrected chi connectivity index (χ2v) is 4.33. The molecule has 0 radical (unpaired) electrons. The molecular weight excluding hydrogens is 246 g/mol. The number of rotatable bonds is 6. The minimum Gasteiger partial charge on any atom is -0.460 e. The van der Waals surface area contributed by atoms with E-state index in [2.05, 4.69) is 0 Å². The fourth-order valence-electron chi connectivity index (χ4n) is 1.79. The van der Waals surface area contributed by atoms with Gasteiger partial charge in [0.2, 0.25) is 5.76 Å². The van der Waals surface area contributed by atoms with E-state index in [1.165, 1.54) is 0 Å². The maximum atomic E-state index is 11.7. The number of carbonyl (C=O) groups is 1. The van der Waals surface area contributed by atoms with Crippen molar-refractivity contribution in [3.05, 3.63) is 30.0 Å². The van der Waals surface area contributed by atoms with Crippen LogP contribution in [0.25, 0.3) is 11.0 Å². The quantitative estimate of drug-likeness (QED) is 0.474. The maximum absolute atomic E-state index is 11.7. The zero-order valence-electron chi connectivity index (χ0n) is 10.6. The van der Waals surface area contributed by atoms with Gasteiger partial charge < -0.3 is 20.0 Å². The van der Waals surface area contributed by atoms with Gasteiger partial charge in [-0.2, -0.15) is 0 Å². The van der Waals surface area contributed by atoms with Gasteiger partial charge >= 0.3 is 5.97 Å². The Hall–Kier alpha value is -2.01. The molecule has 1 heterocycles. The molecule has 0 saturated carbocycles. The van der Waals surface area contributed by atoms with Crippen molar-refractivity contribution in [3.63, 3.8) is 0 Å². The van der Waals surface area contributed by atoms with E-state index in [1.54, 1.807) is 24.3 Å². The molecule has 102 valence electrons. The third-order valence-electron chi connectivity index (χ3n) is 2.78. The van der Waals surface area contributed by atoms with Crippen LogP contribution in [0, 0.1) is 0 Å². The van der Waals surface area contributed by atoms with E-state index in [4.69, 9.17) is 20.0 Å². The van der Waals surface area contributed by atoms with E-state index in [9.17, 15) is 4.79 Å². The first kappa shape index (κ1) is 13.4. The van der Waals surface area contributed by atoms with Crippen molar-refractivity contribution < 1.29 is 19.1 Å². The van der Waals surface area contributed by atoms with Gasteiger partial charge in [-0.15, -0.1) is 0 Å². The van der Waals surface area contributed by atoms with Gasteiger partial charge in [-0.25, -0.2) is 4.79 Å². The Kier molecular flexibility index (Phi) is 4.41. The number of ether oxygens (including phenoxy) is 1. The van der Waals surface area contributed by atoms with E-state index in [1.807, 2.05) is 0 Å². The van der Waals surface area contributed by atoms with Crippen LogP contribution in [0.15, 0.2) is 28.7 Å². The highest BCUT2D eigenvalue weighted by Gasteiger charge is 2.13. The lowest BCUT2D eigenvalue weighted by Crippen LogP contribution is -2.05. The molecule has 3 N–H and O–H groups in total.